The molecule has 0 bridgehead atoms. The van der Waals surface area contributed by atoms with Crippen LogP contribution in [-0.4, -0.2) is 16.2 Å². The summed E-state index contributed by atoms with van der Waals surface area (Å²) < 4.78 is 131. The van der Waals surface area contributed by atoms with Gasteiger partial charge in [-0.05, 0) is 173 Å². The zero-order valence-corrected chi connectivity index (χ0v) is 45.5. The van der Waals surface area contributed by atoms with Crippen molar-refractivity contribution in [3.8, 4) is 50.3 Å². The molecule has 2 aromatic heterocycles. The molecule has 380 valence electrons. The molecule has 4 heteroatoms. The van der Waals surface area contributed by atoms with Crippen molar-refractivity contribution >= 4 is 44.6 Å². The van der Waals surface area contributed by atoms with Crippen LogP contribution in [0.2, 0.25) is 0 Å². The van der Waals surface area contributed by atoms with E-state index in [1.54, 1.807) is 20.8 Å². The van der Waals surface area contributed by atoms with Gasteiger partial charge >= 0.3 is 0 Å². The molecule has 0 saturated heterocycles. The highest BCUT2D eigenvalue weighted by Crippen LogP contribution is 2.55. The maximum atomic E-state index is 9.70. The molecule has 0 N–H and O–H groups in total. The number of aryl methyl sites for hydroxylation is 3. The molecule has 0 unspecified atom stereocenters. The predicted octanol–water partition coefficient (Wildman–Crippen LogP) is 19.6. The standard InChI is InChI=1S/C73H68N4/c1-46-38-48(3)67(49(4)39-46)54-40-57(73(10,11)56-34-35-61-60-30-20-21-31-62(60)77(65(61)43-56)66-44-55(36-37-74-66)72(7,8)9)42-58(41-54)75-45-76(64-33-23-22-32-63(64)75)71-69(52-25-14-12-15-26-52)50(5)68(59-29-19-18-24-47(59)2)51(6)70(71)53-27-16-13-17-28-53/h12-44H,45H2,1-11H3/i12D,13D,14D,15D,16D,17D,18D,19D,24D,25D,26D,27D,28D,29D. The quantitative estimate of drug-likeness (QED) is 0.144. The number of fused-ring (bicyclic) bond motifs is 4. The number of para-hydroxylation sites is 3. The molecule has 4 nitrogen and oxygen atoms in total. The second kappa shape index (κ2) is 19.0. The van der Waals surface area contributed by atoms with Crippen molar-refractivity contribution < 1.29 is 19.2 Å². The first-order valence-corrected chi connectivity index (χ1v) is 26.2. The fourth-order valence-corrected chi connectivity index (χ4v) is 12.0. The van der Waals surface area contributed by atoms with Crippen molar-refractivity contribution in [2.45, 2.75) is 87.0 Å². The summed E-state index contributed by atoms with van der Waals surface area (Å²) in [7, 11) is 0. The van der Waals surface area contributed by atoms with Crippen molar-refractivity contribution in [2.75, 3.05) is 16.5 Å². The Hall–Kier alpha value is -8.47. The Bertz CT molecular complexity index is 4750. The van der Waals surface area contributed by atoms with Crippen molar-refractivity contribution in [1.82, 2.24) is 9.55 Å². The van der Waals surface area contributed by atoms with Crippen LogP contribution < -0.4 is 9.80 Å². The molecular weight excluding hydrogens is 933 g/mol. The molecule has 0 fully saturated rings. The molecule has 0 saturated carbocycles. The van der Waals surface area contributed by atoms with Crippen LogP contribution in [0.3, 0.4) is 0 Å². The monoisotopic (exact) mass is 1010 g/mol. The summed E-state index contributed by atoms with van der Waals surface area (Å²) in [5.41, 5.74) is 12.3. The number of pyridine rings is 1. The van der Waals surface area contributed by atoms with Gasteiger partial charge in [0.25, 0.3) is 0 Å². The molecule has 1 aliphatic heterocycles. The Morgan fingerprint density at radius 2 is 1.06 bits per heavy atom. The maximum absolute atomic E-state index is 9.70. The lowest BCUT2D eigenvalue weighted by atomic mass is 9.76. The lowest BCUT2D eigenvalue weighted by molar-refractivity contribution is 0.588. The van der Waals surface area contributed by atoms with Gasteiger partial charge in [-0.15, -0.1) is 0 Å². The SMILES string of the molecule is [2H]c1c([2H])c([2H])c(-c2c(C)c(-c3c([2H])c([2H])c([2H])c([2H])c3C)c(C)c(-c3c([2H])c([2H])c([2H])c([2H])c3[2H])c2N2CN(c3cc(-c4c(C)cc(C)cc4C)cc(C(C)(C)c4ccc5c6ccccc6n(-c6cc(C(C)(C)C)ccn6)c5c4)c3)c3ccccc32)c([2H])c1[2H]. The molecule has 77 heavy (non-hydrogen) atoms. The third-order valence-corrected chi connectivity index (χ3v) is 15.8. The van der Waals surface area contributed by atoms with Crippen LogP contribution in [0.5, 0.6) is 0 Å². The second-order valence-electron chi connectivity index (χ2n) is 22.1. The summed E-state index contributed by atoms with van der Waals surface area (Å²) in [6.45, 7) is 22.2. The molecular formula is C73H68N4. The van der Waals surface area contributed by atoms with Crippen LogP contribution in [0.15, 0.2) is 200 Å². The van der Waals surface area contributed by atoms with E-state index < -0.39 is 84.0 Å². The second-order valence-corrected chi connectivity index (χ2v) is 22.1. The molecule has 0 amide bonds. The predicted molar refractivity (Wildman–Crippen MR) is 328 cm³/mol. The van der Waals surface area contributed by atoms with Gasteiger partial charge in [-0.25, -0.2) is 4.98 Å². The van der Waals surface area contributed by atoms with Crippen LogP contribution in [0.25, 0.3) is 72.1 Å². The third kappa shape index (κ3) is 8.42. The molecule has 3 heterocycles. The smallest absolute Gasteiger partial charge is 0.137 e. The lowest BCUT2D eigenvalue weighted by Gasteiger charge is -2.32. The van der Waals surface area contributed by atoms with E-state index in [-0.39, 0.29) is 73.9 Å². The van der Waals surface area contributed by atoms with Crippen LogP contribution in [0.1, 0.15) is 104 Å². The highest BCUT2D eigenvalue weighted by molar-refractivity contribution is 6.09. The number of aromatic nitrogens is 2. The summed E-state index contributed by atoms with van der Waals surface area (Å²) >= 11 is 0. The van der Waals surface area contributed by atoms with E-state index >= 15 is 0 Å². The van der Waals surface area contributed by atoms with E-state index in [2.05, 4.69) is 150 Å². The van der Waals surface area contributed by atoms with Crippen molar-refractivity contribution in [3.05, 3.63) is 250 Å². The Kier molecular flexibility index (Phi) is 8.80. The van der Waals surface area contributed by atoms with Crippen LogP contribution >= 0.6 is 0 Å². The Labute approximate surface area is 475 Å². The van der Waals surface area contributed by atoms with Gasteiger partial charge in [0.15, 0.2) is 0 Å². The Balaban J connectivity index is 1.16. The van der Waals surface area contributed by atoms with Crippen molar-refractivity contribution in [3.63, 3.8) is 0 Å². The fraction of sp³-hybridized carbons (Fsp3) is 0.192. The van der Waals surface area contributed by atoms with Gasteiger partial charge in [-0.3, -0.25) is 4.57 Å². The van der Waals surface area contributed by atoms with E-state index in [0.717, 1.165) is 77.8 Å². The number of hydrogen-bond donors (Lipinski definition) is 0. The number of nitrogens with zero attached hydrogens (tertiary/aromatic N) is 4. The van der Waals surface area contributed by atoms with Crippen molar-refractivity contribution in [1.29, 1.82) is 0 Å². The highest BCUT2D eigenvalue weighted by atomic mass is 15.4. The zero-order valence-electron chi connectivity index (χ0n) is 59.5. The van der Waals surface area contributed by atoms with E-state index in [1.807, 2.05) is 35.4 Å². The minimum atomic E-state index is -0.691. The normalized spacial score (nSPS) is 15.3. The van der Waals surface area contributed by atoms with Crippen LogP contribution in [0.4, 0.5) is 22.7 Å². The van der Waals surface area contributed by atoms with E-state index in [1.165, 1.54) is 0 Å². The van der Waals surface area contributed by atoms with Gasteiger partial charge in [0, 0.05) is 39.2 Å². The van der Waals surface area contributed by atoms with E-state index in [4.69, 9.17) is 17.3 Å². The maximum Gasteiger partial charge on any atom is 0.137 e. The summed E-state index contributed by atoms with van der Waals surface area (Å²) in [5, 5.41) is 2.18. The fourth-order valence-electron chi connectivity index (χ4n) is 12.0. The zero-order chi connectivity index (χ0) is 65.7. The van der Waals surface area contributed by atoms with Gasteiger partial charge in [0.05, 0.1) is 47.3 Å². The number of benzene rings is 9. The summed E-state index contributed by atoms with van der Waals surface area (Å²) in [6.07, 6.45) is 1.88. The Morgan fingerprint density at radius 3 is 1.73 bits per heavy atom. The number of hydrogen-bond acceptors (Lipinski definition) is 3. The molecule has 9 aromatic carbocycles. The van der Waals surface area contributed by atoms with E-state index in [0.29, 0.717) is 11.4 Å². The molecule has 1 aliphatic rings. The minimum absolute atomic E-state index is 0.0270. The first-order chi connectivity index (χ1) is 42.9. The van der Waals surface area contributed by atoms with Gasteiger partial charge < -0.3 is 9.80 Å². The van der Waals surface area contributed by atoms with Gasteiger partial charge in [0.1, 0.15) is 12.5 Å². The van der Waals surface area contributed by atoms with Crippen LogP contribution in [0, 0.1) is 41.5 Å². The average Bonchev–Trinajstić information content (AvgIpc) is 1.73. The average molecular weight is 1020 g/mol. The molecule has 11 aromatic rings. The lowest BCUT2D eigenvalue weighted by Crippen LogP contribution is -2.26. The Morgan fingerprint density at radius 1 is 0.468 bits per heavy atom. The van der Waals surface area contributed by atoms with Crippen molar-refractivity contribution in [2.24, 2.45) is 0 Å². The minimum Gasteiger partial charge on any atom is -0.321 e. The first kappa shape index (κ1) is 35.7. The van der Waals surface area contributed by atoms with Gasteiger partial charge in [-0.2, -0.15) is 0 Å². The molecule has 0 radical (unpaired) electrons. The summed E-state index contributed by atoms with van der Waals surface area (Å²) in [5.74, 6) is 0.813. The molecule has 0 spiro atoms. The van der Waals surface area contributed by atoms with Gasteiger partial charge in [0.2, 0.25) is 0 Å². The molecule has 0 aliphatic carbocycles. The summed E-state index contributed by atoms with van der Waals surface area (Å²) in [6, 6.07) is 30.0. The summed E-state index contributed by atoms with van der Waals surface area (Å²) in [4.78, 5) is 9.03. The van der Waals surface area contributed by atoms with Gasteiger partial charge in [-0.1, -0.05) is 185 Å². The van der Waals surface area contributed by atoms with Crippen LogP contribution in [-0.2, 0) is 10.8 Å². The molecule has 0 atom stereocenters. The highest BCUT2D eigenvalue weighted by Gasteiger charge is 2.36. The molecule has 12 rings (SSSR count). The number of rotatable bonds is 9. The number of anilines is 4. The van der Waals surface area contributed by atoms with E-state index in [9.17, 15) is 6.85 Å². The third-order valence-electron chi connectivity index (χ3n) is 15.8. The first-order valence-electron chi connectivity index (χ1n) is 33.2. The topological polar surface area (TPSA) is 24.3 Å². The largest absolute Gasteiger partial charge is 0.321 e.